The lowest BCUT2D eigenvalue weighted by Gasteiger charge is -2.25. The molecule has 1 aliphatic heterocycles. The van der Waals surface area contributed by atoms with Crippen LogP contribution in [-0.4, -0.2) is 39.1 Å². The average Bonchev–Trinajstić information content (AvgIpc) is 3.07. The van der Waals surface area contributed by atoms with Crippen molar-refractivity contribution in [1.29, 1.82) is 0 Å². The Morgan fingerprint density at radius 1 is 1.45 bits per heavy atom. The largest absolute Gasteiger partial charge is 0.337 e. The van der Waals surface area contributed by atoms with E-state index in [0.717, 1.165) is 11.3 Å². The fraction of sp³-hybridized carbons (Fsp3) is 0.357. The van der Waals surface area contributed by atoms with Gasteiger partial charge in [0.15, 0.2) is 0 Å². The molecule has 3 rings (SSSR count). The summed E-state index contributed by atoms with van der Waals surface area (Å²) in [6.45, 7) is 0.669. The maximum absolute atomic E-state index is 12.0. The number of likely N-dealkylation sites (tertiary alicyclic amines) is 1. The summed E-state index contributed by atoms with van der Waals surface area (Å²) in [5, 5.41) is 10.3. The molecule has 104 valence electrons. The Balaban J connectivity index is 1.76. The SMILES string of the molecule is CN1C(=O)C[C@@H](NCc2ccn[nH]2)[C@@H]1c1cccnc1. The van der Waals surface area contributed by atoms with Gasteiger partial charge in [-0.25, -0.2) is 0 Å². The van der Waals surface area contributed by atoms with Crippen molar-refractivity contribution < 1.29 is 4.79 Å². The van der Waals surface area contributed by atoms with Crippen LogP contribution in [0.15, 0.2) is 36.8 Å². The molecule has 0 radical (unpaired) electrons. The van der Waals surface area contributed by atoms with Gasteiger partial charge in [-0.2, -0.15) is 5.10 Å². The van der Waals surface area contributed by atoms with Crippen molar-refractivity contribution in [2.45, 2.75) is 25.0 Å². The van der Waals surface area contributed by atoms with Gasteiger partial charge in [-0.1, -0.05) is 6.07 Å². The molecule has 2 aromatic rings. The van der Waals surface area contributed by atoms with E-state index in [2.05, 4.69) is 20.5 Å². The predicted molar refractivity (Wildman–Crippen MR) is 73.6 cm³/mol. The highest BCUT2D eigenvalue weighted by atomic mass is 16.2. The van der Waals surface area contributed by atoms with Crippen LogP contribution < -0.4 is 5.32 Å². The molecule has 6 nitrogen and oxygen atoms in total. The van der Waals surface area contributed by atoms with Crippen molar-refractivity contribution in [1.82, 2.24) is 25.4 Å². The number of H-pyrrole nitrogens is 1. The first-order valence-corrected chi connectivity index (χ1v) is 6.63. The Kier molecular flexibility index (Phi) is 3.47. The number of pyridine rings is 1. The number of aromatic amines is 1. The van der Waals surface area contributed by atoms with Gasteiger partial charge in [-0.3, -0.25) is 14.9 Å². The molecule has 0 aliphatic carbocycles. The number of hydrogen-bond acceptors (Lipinski definition) is 4. The number of nitrogens with one attached hydrogen (secondary N) is 2. The predicted octanol–water partition coefficient (Wildman–Crippen LogP) is 0.866. The lowest BCUT2D eigenvalue weighted by atomic mass is 10.0. The molecule has 2 aromatic heterocycles. The molecule has 0 aromatic carbocycles. The topological polar surface area (TPSA) is 73.9 Å². The number of aromatic nitrogens is 3. The molecule has 0 saturated carbocycles. The molecule has 0 spiro atoms. The molecular weight excluding hydrogens is 254 g/mol. The zero-order valence-electron chi connectivity index (χ0n) is 11.3. The van der Waals surface area contributed by atoms with Gasteiger partial charge in [0.2, 0.25) is 5.91 Å². The fourth-order valence-corrected chi connectivity index (χ4v) is 2.68. The molecule has 2 N–H and O–H groups in total. The van der Waals surface area contributed by atoms with Crippen molar-refractivity contribution in [3.05, 3.63) is 48.0 Å². The van der Waals surface area contributed by atoms with E-state index in [4.69, 9.17) is 0 Å². The van der Waals surface area contributed by atoms with Crippen LogP contribution in [-0.2, 0) is 11.3 Å². The molecule has 1 aliphatic rings. The summed E-state index contributed by atoms with van der Waals surface area (Å²) in [4.78, 5) is 17.9. The lowest BCUT2D eigenvalue weighted by Crippen LogP contribution is -2.34. The van der Waals surface area contributed by atoms with Gasteiger partial charge in [-0.05, 0) is 17.7 Å². The summed E-state index contributed by atoms with van der Waals surface area (Å²) < 4.78 is 0. The summed E-state index contributed by atoms with van der Waals surface area (Å²) >= 11 is 0. The van der Waals surface area contributed by atoms with Crippen LogP contribution in [0.2, 0.25) is 0 Å². The summed E-state index contributed by atoms with van der Waals surface area (Å²) in [6, 6.07) is 5.95. The molecule has 6 heteroatoms. The van der Waals surface area contributed by atoms with Crippen LogP contribution >= 0.6 is 0 Å². The van der Waals surface area contributed by atoms with E-state index in [-0.39, 0.29) is 18.0 Å². The minimum absolute atomic E-state index is 0.0270. The number of carbonyl (C=O) groups is 1. The minimum atomic E-state index is 0.0270. The number of nitrogens with zero attached hydrogens (tertiary/aromatic N) is 3. The summed E-state index contributed by atoms with van der Waals surface area (Å²) in [5.41, 5.74) is 2.07. The van der Waals surface area contributed by atoms with Gasteiger partial charge in [0.25, 0.3) is 0 Å². The number of hydrogen-bond donors (Lipinski definition) is 2. The third-order valence-corrected chi connectivity index (χ3v) is 3.73. The molecule has 2 atom stereocenters. The molecule has 1 amide bonds. The number of carbonyl (C=O) groups excluding carboxylic acids is 1. The maximum Gasteiger partial charge on any atom is 0.224 e. The second-order valence-electron chi connectivity index (χ2n) is 5.01. The molecule has 0 bridgehead atoms. The lowest BCUT2D eigenvalue weighted by molar-refractivity contribution is -0.127. The van der Waals surface area contributed by atoms with Gasteiger partial charge in [0, 0.05) is 50.3 Å². The van der Waals surface area contributed by atoms with E-state index in [0.29, 0.717) is 13.0 Å². The van der Waals surface area contributed by atoms with Crippen LogP contribution in [0.4, 0.5) is 0 Å². The average molecular weight is 271 g/mol. The van der Waals surface area contributed by atoms with Crippen LogP contribution in [0, 0.1) is 0 Å². The van der Waals surface area contributed by atoms with Gasteiger partial charge < -0.3 is 10.2 Å². The molecule has 3 heterocycles. The monoisotopic (exact) mass is 271 g/mol. The van der Waals surface area contributed by atoms with Crippen molar-refractivity contribution in [3.63, 3.8) is 0 Å². The number of likely N-dealkylation sites (N-methyl/N-ethyl adjacent to an activating group) is 1. The third kappa shape index (κ3) is 2.42. The highest BCUT2D eigenvalue weighted by molar-refractivity contribution is 5.80. The number of rotatable bonds is 4. The molecular formula is C14H17N5O. The Bertz CT molecular complexity index is 569. The van der Waals surface area contributed by atoms with E-state index in [1.165, 1.54) is 0 Å². The Morgan fingerprint density at radius 2 is 2.35 bits per heavy atom. The van der Waals surface area contributed by atoms with Gasteiger partial charge in [0.1, 0.15) is 0 Å². The van der Waals surface area contributed by atoms with Gasteiger partial charge >= 0.3 is 0 Å². The maximum atomic E-state index is 12.0. The Hall–Kier alpha value is -2.21. The van der Waals surface area contributed by atoms with E-state index in [1.54, 1.807) is 17.3 Å². The zero-order chi connectivity index (χ0) is 13.9. The van der Waals surface area contributed by atoms with Crippen molar-refractivity contribution in [2.75, 3.05) is 7.05 Å². The Morgan fingerprint density at radius 3 is 3.05 bits per heavy atom. The van der Waals surface area contributed by atoms with Crippen LogP contribution in [0.25, 0.3) is 0 Å². The standard InChI is InChI=1S/C14H17N5O/c1-19-13(20)7-12(16-9-11-4-6-17-18-11)14(19)10-3-2-5-15-8-10/h2-6,8,12,14,16H,7,9H2,1H3,(H,17,18)/t12-,14+/m1/s1. The van der Waals surface area contributed by atoms with Crippen LogP contribution in [0.5, 0.6) is 0 Å². The van der Waals surface area contributed by atoms with E-state index in [9.17, 15) is 4.79 Å². The summed E-state index contributed by atoms with van der Waals surface area (Å²) in [5.74, 6) is 0.154. The van der Waals surface area contributed by atoms with Gasteiger partial charge in [0.05, 0.1) is 6.04 Å². The van der Waals surface area contributed by atoms with E-state index < -0.39 is 0 Å². The smallest absolute Gasteiger partial charge is 0.224 e. The van der Waals surface area contributed by atoms with Crippen molar-refractivity contribution in [2.24, 2.45) is 0 Å². The van der Waals surface area contributed by atoms with Crippen LogP contribution in [0.3, 0.4) is 0 Å². The zero-order valence-corrected chi connectivity index (χ0v) is 11.3. The minimum Gasteiger partial charge on any atom is -0.337 e. The summed E-state index contributed by atoms with van der Waals surface area (Å²) in [6.07, 6.45) is 5.80. The van der Waals surface area contributed by atoms with Crippen LogP contribution in [0.1, 0.15) is 23.7 Å². The van der Waals surface area contributed by atoms with E-state index in [1.807, 2.05) is 31.4 Å². The second-order valence-corrected chi connectivity index (χ2v) is 5.01. The Labute approximate surface area is 117 Å². The molecule has 1 fully saturated rings. The summed E-state index contributed by atoms with van der Waals surface area (Å²) in [7, 11) is 1.85. The van der Waals surface area contributed by atoms with Crippen molar-refractivity contribution >= 4 is 5.91 Å². The normalized spacial score (nSPS) is 22.4. The van der Waals surface area contributed by atoms with E-state index >= 15 is 0 Å². The fourth-order valence-electron chi connectivity index (χ4n) is 2.68. The first-order valence-electron chi connectivity index (χ1n) is 6.63. The molecule has 1 saturated heterocycles. The highest BCUT2D eigenvalue weighted by Crippen LogP contribution is 2.31. The highest BCUT2D eigenvalue weighted by Gasteiger charge is 2.38. The first-order chi connectivity index (χ1) is 9.75. The van der Waals surface area contributed by atoms with Gasteiger partial charge in [-0.15, -0.1) is 0 Å². The molecule has 20 heavy (non-hydrogen) atoms. The third-order valence-electron chi connectivity index (χ3n) is 3.73. The first kappa shape index (κ1) is 12.8. The number of amides is 1. The van der Waals surface area contributed by atoms with Crippen molar-refractivity contribution in [3.8, 4) is 0 Å². The second kappa shape index (κ2) is 5.42. The molecule has 0 unspecified atom stereocenters. The quantitative estimate of drug-likeness (QED) is 0.865.